The van der Waals surface area contributed by atoms with E-state index in [-0.39, 0.29) is 5.88 Å². The third-order valence-corrected chi connectivity index (χ3v) is 1.51. The Morgan fingerprint density at radius 3 is 2.92 bits per heavy atom. The highest BCUT2D eigenvalue weighted by Crippen LogP contribution is 2.19. The van der Waals surface area contributed by atoms with Crippen LogP contribution >= 0.6 is 0 Å². The lowest BCUT2D eigenvalue weighted by atomic mass is 10.1. The third kappa shape index (κ3) is 1.55. The SMILES string of the molecule is COc1cc(C(C)C(=O)O)on1. The largest absolute Gasteiger partial charge is 0.481 e. The first kappa shape index (κ1) is 8.58. The number of aromatic nitrogens is 1. The van der Waals surface area contributed by atoms with Crippen LogP contribution in [-0.4, -0.2) is 23.3 Å². The summed E-state index contributed by atoms with van der Waals surface area (Å²) in [6.45, 7) is 1.52. The van der Waals surface area contributed by atoms with Gasteiger partial charge in [0.25, 0.3) is 5.88 Å². The molecule has 0 aliphatic carbocycles. The summed E-state index contributed by atoms with van der Waals surface area (Å²) >= 11 is 0. The summed E-state index contributed by atoms with van der Waals surface area (Å²) in [4.78, 5) is 10.5. The molecule has 0 aromatic carbocycles. The summed E-state index contributed by atoms with van der Waals surface area (Å²) in [5.74, 6) is -1.06. The molecule has 0 amide bonds. The van der Waals surface area contributed by atoms with E-state index in [9.17, 15) is 4.79 Å². The summed E-state index contributed by atoms with van der Waals surface area (Å²) in [6.07, 6.45) is 0. The highest BCUT2D eigenvalue weighted by Gasteiger charge is 2.19. The number of methoxy groups -OCH3 is 1. The number of aliphatic carboxylic acids is 1. The smallest absolute Gasteiger partial charge is 0.314 e. The maximum Gasteiger partial charge on any atom is 0.314 e. The Morgan fingerprint density at radius 1 is 1.83 bits per heavy atom. The van der Waals surface area contributed by atoms with Crippen LogP contribution in [0, 0.1) is 0 Å². The average molecular weight is 171 g/mol. The number of carbonyl (C=O) groups is 1. The molecular weight excluding hydrogens is 162 g/mol. The van der Waals surface area contributed by atoms with Gasteiger partial charge in [0.1, 0.15) is 5.92 Å². The molecule has 0 radical (unpaired) electrons. The van der Waals surface area contributed by atoms with E-state index in [1.807, 2.05) is 0 Å². The highest BCUT2D eigenvalue weighted by atomic mass is 16.5. The monoisotopic (exact) mass is 171 g/mol. The van der Waals surface area contributed by atoms with Gasteiger partial charge < -0.3 is 14.4 Å². The van der Waals surface area contributed by atoms with E-state index in [1.165, 1.54) is 20.1 Å². The molecule has 1 unspecified atom stereocenters. The van der Waals surface area contributed by atoms with Crippen molar-refractivity contribution in [3.8, 4) is 5.88 Å². The van der Waals surface area contributed by atoms with Crippen LogP contribution in [0.15, 0.2) is 10.6 Å². The van der Waals surface area contributed by atoms with Gasteiger partial charge in [-0.15, -0.1) is 0 Å². The standard InChI is InChI=1S/C7H9NO4/c1-4(7(9)10)5-3-6(11-2)8-12-5/h3-4H,1-2H3,(H,9,10). The zero-order chi connectivity index (χ0) is 9.14. The minimum absolute atomic E-state index is 0.290. The Balaban J connectivity index is 2.81. The van der Waals surface area contributed by atoms with E-state index in [0.717, 1.165) is 0 Å². The molecule has 5 heteroatoms. The summed E-state index contributed by atoms with van der Waals surface area (Å²) in [5.41, 5.74) is 0. The normalized spacial score (nSPS) is 12.5. The predicted molar refractivity (Wildman–Crippen MR) is 39.1 cm³/mol. The van der Waals surface area contributed by atoms with Gasteiger partial charge in [0, 0.05) is 6.07 Å². The minimum atomic E-state index is -0.950. The molecule has 1 atom stereocenters. The van der Waals surface area contributed by atoms with Crippen LogP contribution in [-0.2, 0) is 4.79 Å². The molecule has 0 bridgehead atoms. The van der Waals surface area contributed by atoms with Crippen molar-refractivity contribution < 1.29 is 19.2 Å². The number of hydrogen-bond acceptors (Lipinski definition) is 4. The number of nitrogens with zero attached hydrogens (tertiary/aromatic N) is 1. The number of rotatable bonds is 3. The molecule has 12 heavy (non-hydrogen) atoms. The number of hydrogen-bond donors (Lipinski definition) is 1. The van der Waals surface area contributed by atoms with Gasteiger partial charge in [-0.05, 0) is 12.1 Å². The lowest BCUT2D eigenvalue weighted by Gasteiger charge is -1.97. The van der Waals surface area contributed by atoms with E-state index < -0.39 is 11.9 Å². The molecular formula is C7H9NO4. The van der Waals surface area contributed by atoms with E-state index in [1.54, 1.807) is 0 Å². The summed E-state index contributed by atoms with van der Waals surface area (Å²) < 4.78 is 9.45. The second kappa shape index (κ2) is 3.25. The zero-order valence-electron chi connectivity index (χ0n) is 6.77. The predicted octanol–water partition coefficient (Wildman–Crippen LogP) is 0.871. The fourth-order valence-electron chi connectivity index (χ4n) is 0.694. The van der Waals surface area contributed by atoms with Crippen LogP contribution in [0.2, 0.25) is 0 Å². The van der Waals surface area contributed by atoms with Crippen molar-refractivity contribution in [2.45, 2.75) is 12.8 Å². The van der Waals surface area contributed by atoms with E-state index in [2.05, 4.69) is 5.16 Å². The van der Waals surface area contributed by atoms with E-state index >= 15 is 0 Å². The van der Waals surface area contributed by atoms with Gasteiger partial charge in [0.05, 0.1) is 7.11 Å². The molecule has 1 N–H and O–H groups in total. The molecule has 66 valence electrons. The molecule has 0 aliphatic rings. The Hall–Kier alpha value is -1.52. The van der Waals surface area contributed by atoms with Crippen molar-refractivity contribution in [2.75, 3.05) is 7.11 Å². The molecule has 0 saturated carbocycles. The molecule has 1 aromatic rings. The van der Waals surface area contributed by atoms with E-state index in [4.69, 9.17) is 14.4 Å². The number of carboxylic acid groups (broad SMARTS) is 1. The Morgan fingerprint density at radius 2 is 2.50 bits per heavy atom. The summed E-state index contributed by atoms with van der Waals surface area (Å²) in [7, 11) is 1.44. The molecule has 1 aromatic heterocycles. The van der Waals surface area contributed by atoms with Crippen LogP contribution in [0.25, 0.3) is 0 Å². The van der Waals surface area contributed by atoms with Gasteiger partial charge in [0.15, 0.2) is 5.76 Å². The quantitative estimate of drug-likeness (QED) is 0.730. The molecule has 0 spiro atoms. The first-order valence-electron chi connectivity index (χ1n) is 3.38. The number of ether oxygens (including phenoxy) is 1. The first-order chi connectivity index (χ1) is 5.65. The molecule has 5 nitrogen and oxygen atoms in total. The topological polar surface area (TPSA) is 72.6 Å². The fraction of sp³-hybridized carbons (Fsp3) is 0.429. The second-order valence-electron chi connectivity index (χ2n) is 2.33. The Kier molecular flexibility index (Phi) is 2.32. The molecule has 1 rings (SSSR count). The van der Waals surface area contributed by atoms with E-state index in [0.29, 0.717) is 5.76 Å². The minimum Gasteiger partial charge on any atom is -0.481 e. The lowest BCUT2D eigenvalue weighted by Crippen LogP contribution is -2.05. The van der Waals surface area contributed by atoms with Crippen molar-refractivity contribution in [1.82, 2.24) is 5.16 Å². The summed E-state index contributed by atoms with van der Waals surface area (Å²) in [6, 6.07) is 1.46. The van der Waals surface area contributed by atoms with Gasteiger partial charge >= 0.3 is 5.97 Å². The van der Waals surface area contributed by atoms with Gasteiger partial charge in [-0.2, -0.15) is 0 Å². The Labute approximate surface area is 68.9 Å². The Bertz CT molecular complexity index is 281. The van der Waals surface area contributed by atoms with Crippen molar-refractivity contribution in [3.63, 3.8) is 0 Å². The van der Waals surface area contributed by atoms with Crippen LogP contribution in [0.3, 0.4) is 0 Å². The molecule has 0 aliphatic heterocycles. The summed E-state index contributed by atoms with van der Waals surface area (Å²) in [5, 5.41) is 12.1. The fourth-order valence-corrected chi connectivity index (χ4v) is 0.694. The van der Waals surface area contributed by atoms with Gasteiger partial charge in [-0.3, -0.25) is 4.79 Å². The molecule has 0 fully saturated rings. The van der Waals surface area contributed by atoms with Crippen molar-refractivity contribution in [3.05, 3.63) is 11.8 Å². The third-order valence-electron chi connectivity index (χ3n) is 1.51. The first-order valence-corrected chi connectivity index (χ1v) is 3.38. The van der Waals surface area contributed by atoms with Crippen molar-refractivity contribution in [2.24, 2.45) is 0 Å². The highest BCUT2D eigenvalue weighted by molar-refractivity contribution is 5.74. The van der Waals surface area contributed by atoms with Crippen LogP contribution in [0.4, 0.5) is 0 Å². The molecule has 0 saturated heterocycles. The molecule has 1 heterocycles. The average Bonchev–Trinajstić information content (AvgIpc) is 2.50. The van der Waals surface area contributed by atoms with Crippen molar-refractivity contribution in [1.29, 1.82) is 0 Å². The van der Waals surface area contributed by atoms with Crippen LogP contribution < -0.4 is 4.74 Å². The van der Waals surface area contributed by atoms with Crippen molar-refractivity contribution >= 4 is 5.97 Å². The van der Waals surface area contributed by atoms with Gasteiger partial charge in [0.2, 0.25) is 0 Å². The van der Waals surface area contributed by atoms with Crippen LogP contribution in [0.1, 0.15) is 18.6 Å². The maximum atomic E-state index is 10.5. The maximum absolute atomic E-state index is 10.5. The second-order valence-corrected chi connectivity index (χ2v) is 2.33. The van der Waals surface area contributed by atoms with Gasteiger partial charge in [-0.25, -0.2) is 0 Å². The lowest BCUT2D eigenvalue weighted by molar-refractivity contribution is -0.138. The van der Waals surface area contributed by atoms with Crippen LogP contribution in [0.5, 0.6) is 5.88 Å². The zero-order valence-corrected chi connectivity index (χ0v) is 6.77. The number of carboxylic acids is 1. The van der Waals surface area contributed by atoms with Gasteiger partial charge in [-0.1, -0.05) is 0 Å².